The number of β-lactam (4-membered cyclic amide) rings is 1. The second-order valence-electron chi connectivity index (χ2n) is 5.90. The van der Waals surface area contributed by atoms with Crippen LogP contribution in [0.1, 0.15) is 11.8 Å². The fraction of sp³-hybridized carbons (Fsp3) is 0.294. The molecule has 148 valence electrons. The predicted molar refractivity (Wildman–Crippen MR) is 103 cm³/mol. The lowest BCUT2D eigenvalue weighted by molar-refractivity contribution is -0.150. The number of carboxylic acid groups (broad SMARTS) is 1. The second-order valence-corrected chi connectivity index (χ2v) is 8.31. The van der Waals surface area contributed by atoms with Gasteiger partial charge < -0.3 is 15.2 Å². The van der Waals surface area contributed by atoms with Crippen LogP contribution in [0.3, 0.4) is 0 Å². The Balaban J connectivity index is 1.81. The summed E-state index contributed by atoms with van der Waals surface area (Å²) in [5.41, 5.74) is 1.01. The first kappa shape index (κ1) is 20.4. The third-order valence-corrected chi connectivity index (χ3v) is 6.63. The number of aliphatic carboxylic acids is 1. The molecule has 3 heterocycles. The zero-order chi connectivity index (χ0) is 20.4. The molecule has 2 N–H and O–H groups in total. The molecule has 0 bridgehead atoms. The highest BCUT2D eigenvalue weighted by molar-refractivity contribution is 8.04. The van der Waals surface area contributed by atoms with Crippen LogP contribution in [0.15, 0.2) is 39.2 Å². The summed E-state index contributed by atoms with van der Waals surface area (Å²) in [5, 5.41) is 13.5. The van der Waals surface area contributed by atoms with E-state index in [-0.39, 0.29) is 30.2 Å². The first-order valence-corrected chi connectivity index (χ1v) is 10.2. The maximum Gasteiger partial charge on any atom is 0.353 e. The molecule has 8 nitrogen and oxygen atoms in total. The van der Waals surface area contributed by atoms with E-state index < -0.39 is 29.3 Å². The van der Waals surface area contributed by atoms with Crippen molar-refractivity contribution < 1.29 is 29.0 Å². The predicted octanol–water partition coefficient (Wildman–Crippen LogP) is 1.67. The van der Waals surface area contributed by atoms with Crippen molar-refractivity contribution in [2.24, 2.45) is 0 Å². The number of halogens is 1. The summed E-state index contributed by atoms with van der Waals surface area (Å²) in [6, 6.07) is 2.77. The Kier molecular flexibility index (Phi) is 6.11. The lowest BCUT2D eigenvalue weighted by atomic mass is 10.0. The van der Waals surface area contributed by atoms with E-state index in [1.54, 1.807) is 0 Å². The topological polar surface area (TPSA) is 113 Å². The van der Waals surface area contributed by atoms with Crippen LogP contribution >= 0.6 is 34.7 Å². The van der Waals surface area contributed by atoms with Crippen LogP contribution in [-0.4, -0.2) is 51.8 Å². The van der Waals surface area contributed by atoms with Crippen molar-refractivity contribution >= 4 is 58.5 Å². The number of carbonyl (C=O) groups is 4. The summed E-state index contributed by atoms with van der Waals surface area (Å²) in [6.45, 7) is 0.867. The highest BCUT2D eigenvalue weighted by atomic mass is 35.5. The summed E-state index contributed by atoms with van der Waals surface area (Å²) in [5.74, 6) is -2.81. The highest BCUT2D eigenvalue weighted by Crippen LogP contribution is 2.46. The number of thiophene rings is 1. The van der Waals surface area contributed by atoms with E-state index in [1.165, 1.54) is 23.8 Å². The quantitative estimate of drug-likeness (QED) is 0.509. The fourth-order valence-corrected chi connectivity index (χ4v) is 5.09. The number of nitrogens with zero attached hydrogens (tertiary/aromatic N) is 1. The Morgan fingerprint density at radius 3 is 2.75 bits per heavy atom. The molecular formula is C17H15ClN2O6S2. The van der Waals surface area contributed by atoms with Crippen molar-refractivity contribution in [2.75, 3.05) is 6.61 Å². The number of esters is 1. The molecule has 2 amide bonds. The molecule has 1 saturated heterocycles. The van der Waals surface area contributed by atoms with Gasteiger partial charge in [0, 0.05) is 27.8 Å². The van der Waals surface area contributed by atoms with Crippen molar-refractivity contribution in [3.05, 3.63) is 44.1 Å². The maximum atomic E-state index is 12.6. The van der Waals surface area contributed by atoms with Crippen LogP contribution in [0, 0.1) is 0 Å². The lowest BCUT2D eigenvalue weighted by Gasteiger charge is -2.49. The number of ether oxygens (including phenoxy) is 1. The molecule has 2 aliphatic rings. The number of hydrogen-bond acceptors (Lipinski definition) is 7. The number of rotatable bonds is 6. The van der Waals surface area contributed by atoms with Crippen molar-refractivity contribution in [1.82, 2.24) is 10.2 Å². The average Bonchev–Trinajstić information content (AvgIpc) is 3.15. The van der Waals surface area contributed by atoms with Crippen molar-refractivity contribution in [1.29, 1.82) is 0 Å². The maximum absolute atomic E-state index is 12.6. The number of nitrogens with one attached hydrogen (secondary N) is 1. The lowest BCUT2D eigenvalue weighted by Crippen LogP contribution is -2.70. The number of amides is 2. The van der Waals surface area contributed by atoms with Gasteiger partial charge in [-0.05, 0) is 11.4 Å². The standard InChI is InChI=1S/C17H15ClN2O6S2/c1-8(21)26-7-10-11(6-18)28-16-13(15(23)20(16)14(10)17(24)25)19-12(22)5-9-3-2-4-27-9/h2-4,6,13,16H,5,7H2,1H3,(H,19,22)(H,24,25)/t13?,16-/m0/s1. The molecular weight excluding hydrogens is 428 g/mol. The van der Waals surface area contributed by atoms with Gasteiger partial charge in [0.2, 0.25) is 5.91 Å². The highest BCUT2D eigenvalue weighted by Gasteiger charge is 2.55. The van der Waals surface area contributed by atoms with Gasteiger partial charge in [-0.3, -0.25) is 19.3 Å². The van der Waals surface area contributed by atoms with Crippen molar-refractivity contribution in [2.45, 2.75) is 24.8 Å². The van der Waals surface area contributed by atoms with Crippen molar-refractivity contribution in [3.8, 4) is 0 Å². The Hall–Kier alpha value is -2.30. The van der Waals surface area contributed by atoms with E-state index in [0.717, 1.165) is 21.5 Å². The molecule has 3 rings (SSSR count). The molecule has 1 unspecified atom stereocenters. The Morgan fingerprint density at radius 1 is 1.43 bits per heavy atom. The second kappa shape index (κ2) is 8.38. The van der Waals surface area contributed by atoms with Gasteiger partial charge >= 0.3 is 11.9 Å². The molecule has 0 radical (unpaired) electrons. The first-order valence-electron chi connectivity index (χ1n) is 8.05. The Morgan fingerprint density at radius 2 is 2.18 bits per heavy atom. The number of carboxylic acids is 1. The van der Waals surface area contributed by atoms with E-state index in [9.17, 15) is 24.3 Å². The normalized spacial score (nSPS) is 22.6. The van der Waals surface area contributed by atoms with E-state index >= 15 is 0 Å². The van der Waals surface area contributed by atoms with Gasteiger partial charge in [-0.1, -0.05) is 29.4 Å². The summed E-state index contributed by atoms with van der Waals surface area (Å²) in [4.78, 5) is 50.0. The largest absolute Gasteiger partial charge is 0.477 e. The number of thioether (sulfide) groups is 1. The molecule has 28 heavy (non-hydrogen) atoms. The number of hydrogen-bond donors (Lipinski definition) is 2. The van der Waals surface area contributed by atoms with Crippen LogP contribution in [0.25, 0.3) is 0 Å². The molecule has 0 aliphatic carbocycles. The molecule has 1 fully saturated rings. The van der Waals surface area contributed by atoms with E-state index in [0.29, 0.717) is 4.91 Å². The van der Waals surface area contributed by atoms with Gasteiger partial charge in [-0.25, -0.2) is 4.79 Å². The van der Waals surface area contributed by atoms with Crippen LogP contribution < -0.4 is 5.32 Å². The molecule has 1 aromatic rings. The number of fused-ring (bicyclic) bond motifs is 1. The molecule has 1 aromatic heterocycles. The molecule has 11 heteroatoms. The SMILES string of the molecule is CC(=O)OCC1=C(C(=O)O)N2C(=O)C(NC(=O)Cc3cccs3)[C@@H]2SC1=CCl. The first-order chi connectivity index (χ1) is 13.3. The van der Waals surface area contributed by atoms with Gasteiger partial charge in [-0.2, -0.15) is 0 Å². The minimum Gasteiger partial charge on any atom is -0.477 e. The van der Waals surface area contributed by atoms with Crippen LogP contribution in [-0.2, 0) is 30.3 Å². The third kappa shape index (κ3) is 3.94. The zero-order valence-electron chi connectivity index (χ0n) is 14.5. The van der Waals surface area contributed by atoms with Crippen LogP contribution in [0.5, 0.6) is 0 Å². The minimum atomic E-state index is -1.35. The summed E-state index contributed by atoms with van der Waals surface area (Å²) < 4.78 is 4.91. The smallest absolute Gasteiger partial charge is 0.353 e. The molecule has 2 aliphatic heterocycles. The number of carbonyl (C=O) groups excluding carboxylic acids is 3. The fourth-order valence-electron chi connectivity index (χ4n) is 2.85. The molecule has 2 atom stereocenters. The summed E-state index contributed by atoms with van der Waals surface area (Å²) in [7, 11) is 0. The van der Waals surface area contributed by atoms with Gasteiger partial charge in [0.1, 0.15) is 23.7 Å². The third-order valence-electron chi connectivity index (χ3n) is 4.07. The van der Waals surface area contributed by atoms with Gasteiger partial charge in [0.05, 0.1) is 6.42 Å². The van der Waals surface area contributed by atoms with Crippen molar-refractivity contribution in [3.63, 3.8) is 0 Å². The summed E-state index contributed by atoms with van der Waals surface area (Å²) >= 11 is 8.41. The van der Waals surface area contributed by atoms with Gasteiger partial charge in [0.25, 0.3) is 5.91 Å². The van der Waals surface area contributed by atoms with E-state index in [1.807, 2.05) is 17.5 Å². The average molecular weight is 443 g/mol. The van der Waals surface area contributed by atoms with Crippen LogP contribution in [0.4, 0.5) is 0 Å². The summed E-state index contributed by atoms with van der Waals surface area (Å²) in [6.07, 6.45) is 0.135. The monoisotopic (exact) mass is 442 g/mol. The van der Waals surface area contributed by atoms with Gasteiger partial charge in [-0.15, -0.1) is 11.3 Å². The molecule has 0 saturated carbocycles. The Labute approximate surface area is 173 Å². The molecule has 0 spiro atoms. The molecule has 0 aromatic carbocycles. The minimum absolute atomic E-state index is 0.135. The zero-order valence-corrected chi connectivity index (χ0v) is 16.9. The van der Waals surface area contributed by atoms with E-state index in [4.69, 9.17) is 16.3 Å². The van der Waals surface area contributed by atoms with E-state index in [2.05, 4.69) is 5.32 Å². The van der Waals surface area contributed by atoms with Crippen LogP contribution in [0.2, 0.25) is 0 Å². The Bertz CT molecular complexity index is 895. The van der Waals surface area contributed by atoms with Gasteiger partial charge in [0.15, 0.2) is 0 Å².